The lowest BCUT2D eigenvalue weighted by Crippen LogP contribution is -2.40. The fraction of sp³-hybridized carbons (Fsp3) is 0.500. The number of carbonyl (C=O) groups excluding carboxylic acids is 1. The SMILES string of the molecule is COc1ccc(Cc2nnc(SCC(=O)N3CCC[C@@H](C)C3)o2)cc1. The minimum Gasteiger partial charge on any atom is -0.497 e. The number of hydrogen-bond donors (Lipinski definition) is 0. The molecule has 0 radical (unpaired) electrons. The Morgan fingerprint density at radius 2 is 2.16 bits per heavy atom. The maximum absolute atomic E-state index is 12.3. The van der Waals surface area contributed by atoms with Gasteiger partial charge in [0.1, 0.15) is 5.75 Å². The quantitative estimate of drug-likeness (QED) is 0.737. The molecule has 0 spiro atoms. The van der Waals surface area contributed by atoms with Crippen molar-refractivity contribution in [2.75, 3.05) is 26.0 Å². The van der Waals surface area contributed by atoms with Crippen molar-refractivity contribution >= 4 is 17.7 Å². The van der Waals surface area contributed by atoms with Crippen molar-refractivity contribution in [3.8, 4) is 5.75 Å². The average molecular weight is 361 g/mol. The number of aromatic nitrogens is 2. The lowest BCUT2D eigenvalue weighted by atomic mass is 10.0. The first-order valence-corrected chi connectivity index (χ1v) is 9.48. The van der Waals surface area contributed by atoms with E-state index in [-0.39, 0.29) is 5.91 Å². The van der Waals surface area contributed by atoms with Crippen LogP contribution >= 0.6 is 11.8 Å². The Hall–Kier alpha value is -2.02. The fourth-order valence-electron chi connectivity index (χ4n) is 2.92. The molecule has 7 heteroatoms. The molecule has 0 aliphatic carbocycles. The van der Waals surface area contributed by atoms with Gasteiger partial charge in [-0.1, -0.05) is 30.8 Å². The third kappa shape index (κ3) is 4.98. The number of carbonyl (C=O) groups is 1. The normalized spacial score (nSPS) is 17.5. The molecule has 1 saturated heterocycles. The Bertz CT molecular complexity index is 702. The molecule has 0 bridgehead atoms. The molecule has 25 heavy (non-hydrogen) atoms. The molecular weight excluding hydrogens is 338 g/mol. The van der Waals surface area contributed by atoms with Crippen LogP contribution in [-0.4, -0.2) is 47.0 Å². The van der Waals surface area contributed by atoms with Gasteiger partial charge in [-0.3, -0.25) is 4.79 Å². The summed E-state index contributed by atoms with van der Waals surface area (Å²) in [6.07, 6.45) is 2.86. The molecule has 0 saturated carbocycles. The molecule has 1 aliphatic heterocycles. The summed E-state index contributed by atoms with van der Waals surface area (Å²) in [4.78, 5) is 14.2. The van der Waals surface area contributed by atoms with Crippen LogP contribution in [0.15, 0.2) is 33.9 Å². The second kappa shape index (κ2) is 8.38. The highest BCUT2D eigenvalue weighted by Crippen LogP contribution is 2.21. The van der Waals surface area contributed by atoms with Crippen molar-refractivity contribution < 1.29 is 13.9 Å². The lowest BCUT2D eigenvalue weighted by molar-refractivity contribution is -0.130. The smallest absolute Gasteiger partial charge is 0.277 e. The average Bonchev–Trinajstić information content (AvgIpc) is 3.08. The molecule has 134 valence electrons. The first-order chi connectivity index (χ1) is 12.1. The number of methoxy groups -OCH3 is 1. The van der Waals surface area contributed by atoms with E-state index in [4.69, 9.17) is 9.15 Å². The summed E-state index contributed by atoms with van der Waals surface area (Å²) >= 11 is 1.31. The van der Waals surface area contributed by atoms with Crippen LogP contribution in [-0.2, 0) is 11.2 Å². The van der Waals surface area contributed by atoms with Crippen LogP contribution in [0.25, 0.3) is 0 Å². The van der Waals surface area contributed by atoms with Gasteiger partial charge in [-0.2, -0.15) is 0 Å². The maximum atomic E-state index is 12.3. The van der Waals surface area contributed by atoms with E-state index >= 15 is 0 Å². The molecule has 2 heterocycles. The summed E-state index contributed by atoms with van der Waals surface area (Å²) in [5.41, 5.74) is 1.07. The van der Waals surface area contributed by atoms with Crippen molar-refractivity contribution in [2.45, 2.75) is 31.4 Å². The Kier molecular flexibility index (Phi) is 5.96. The number of amides is 1. The molecule has 2 aromatic rings. The molecule has 3 rings (SSSR count). The second-order valence-corrected chi connectivity index (χ2v) is 7.29. The van der Waals surface area contributed by atoms with Crippen molar-refractivity contribution in [3.05, 3.63) is 35.7 Å². The largest absolute Gasteiger partial charge is 0.497 e. The van der Waals surface area contributed by atoms with E-state index in [1.54, 1.807) is 7.11 Å². The molecule has 1 aromatic carbocycles. The molecule has 0 N–H and O–H groups in total. The minimum absolute atomic E-state index is 0.145. The highest BCUT2D eigenvalue weighted by molar-refractivity contribution is 7.99. The van der Waals surface area contributed by atoms with Gasteiger partial charge in [0.05, 0.1) is 19.3 Å². The number of hydrogen-bond acceptors (Lipinski definition) is 6. The molecule has 1 aromatic heterocycles. The zero-order chi connectivity index (χ0) is 17.6. The van der Waals surface area contributed by atoms with Crippen LogP contribution < -0.4 is 4.74 Å². The van der Waals surface area contributed by atoms with Crippen LogP contribution in [0.2, 0.25) is 0 Å². The Balaban J connectivity index is 1.50. The van der Waals surface area contributed by atoms with E-state index in [1.165, 1.54) is 18.2 Å². The first kappa shape index (κ1) is 17.8. The van der Waals surface area contributed by atoms with Crippen molar-refractivity contribution in [2.24, 2.45) is 5.92 Å². The van der Waals surface area contributed by atoms with Crippen LogP contribution in [0.3, 0.4) is 0 Å². The molecule has 6 nitrogen and oxygen atoms in total. The zero-order valence-electron chi connectivity index (χ0n) is 14.6. The van der Waals surface area contributed by atoms with Crippen LogP contribution in [0.4, 0.5) is 0 Å². The molecule has 1 fully saturated rings. The maximum Gasteiger partial charge on any atom is 0.277 e. The number of likely N-dealkylation sites (tertiary alicyclic amines) is 1. The minimum atomic E-state index is 0.145. The van der Waals surface area contributed by atoms with Gasteiger partial charge >= 0.3 is 0 Å². The lowest BCUT2D eigenvalue weighted by Gasteiger charge is -2.30. The predicted octanol–water partition coefficient (Wildman–Crippen LogP) is 3.02. The third-order valence-electron chi connectivity index (χ3n) is 4.29. The van der Waals surface area contributed by atoms with Crippen LogP contribution in [0.5, 0.6) is 5.75 Å². The number of rotatable bonds is 6. The van der Waals surface area contributed by atoms with Crippen LogP contribution in [0.1, 0.15) is 31.2 Å². The van der Waals surface area contributed by atoms with E-state index < -0.39 is 0 Å². The van der Waals surface area contributed by atoms with E-state index in [0.29, 0.717) is 29.2 Å². The van der Waals surface area contributed by atoms with Crippen molar-refractivity contribution in [3.63, 3.8) is 0 Å². The number of thioether (sulfide) groups is 1. The predicted molar refractivity (Wildman–Crippen MR) is 95.8 cm³/mol. The van der Waals surface area contributed by atoms with E-state index in [2.05, 4.69) is 17.1 Å². The third-order valence-corrected chi connectivity index (χ3v) is 5.09. The summed E-state index contributed by atoms with van der Waals surface area (Å²) in [5, 5.41) is 8.54. The Labute approximate surface area is 151 Å². The van der Waals surface area contributed by atoms with Gasteiger partial charge in [-0.05, 0) is 36.5 Å². The van der Waals surface area contributed by atoms with Gasteiger partial charge in [0, 0.05) is 13.1 Å². The van der Waals surface area contributed by atoms with Crippen LogP contribution in [0, 0.1) is 5.92 Å². The fourth-order valence-corrected chi connectivity index (χ4v) is 3.60. The standard InChI is InChI=1S/C18H23N3O3S/c1-13-4-3-9-21(11-13)17(22)12-25-18-20-19-16(24-18)10-14-5-7-15(23-2)8-6-14/h5-8,13H,3-4,9-12H2,1-2H3/t13-/m1/s1. The summed E-state index contributed by atoms with van der Waals surface area (Å²) in [7, 11) is 1.64. The van der Waals surface area contributed by atoms with Gasteiger partial charge in [0.25, 0.3) is 5.22 Å². The van der Waals surface area contributed by atoms with Crippen molar-refractivity contribution in [1.29, 1.82) is 0 Å². The van der Waals surface area contributed by atoms with E-state index in [0.717, 1.165) is 30.8 Å². The number of ether oxygens (including phenoxy) is 1. The molecule has 1 atom stereocenters. The highest BCUT2D eigenvalue weighted by Gasteiger charge is 2.21. The zero-order valence-corrected chi connectivity index (χ0v) is 15.4. The summed E-state index contributed by atoms with van der Waals surface area (Å²) < 4.78 is 10.8. The summed E-state index contributed by atoms with van der Waals surface area (Å²) in [5.74, 6) is 2.44. The topological polar surface area (TPSA) is 68.5 Å². The van der Waals surface area contributed by atoms with Gasteiger partial charge in [0.2, 0.25) is 11.8 Å². The summed E-state index contributed by atoms with van der Waals surface area (Å²) in [6, 6.07) is 7.74. The second-order valence-electron chi connectivity index (χ2n) is 6.36. The van der Waals surface area contributed by atoms with E-state index in [9.17, 15) is 4.79 Å². The summed E-state index contributed by atoms with van der Waals surface area (Å²) in [6.45, 7) is 3.90. The van der Waals surface area contributed by atoms with Gasteiger partial charge in [-0.25, -0.2) is 0 Å². The Morgan fingerprint density at radius 3 is 2.88 bits per heavy atom. The first-order valence-electron chi connectivity index (χ1n) is 8.50. The van der Waals surface area contributed by atoms with Crippen molar-refractivity contribution in [1.82, 2.24) is 15.1 Å². The van der Waals surface area contributed by atoms with E-state index in [1.807, 2.05) is 29.2 Å². The monoisotopic (exact) mass is 361 g/mol. The highest BCUT2D eigenvalue weighted by atomic mass is 32.2. The molecule has 0 unspecified atom stereocenters. The number of piperidine rings is 1. The van der Waals surface area contributed by atoms with Gasteiger partial charge in [0.15, 0.2) is 0 Å². The van der Waals surface area contributed by atoms with Gasteiger partial charge < -0.3 is 14.1 Å². The van der Waals surface area contributed by atoms with Gasteiger partial charge in [-0.15, -0.1) is 10.2 Å². The molecular formula is C18H23N3O3S. The Morgan fingerprint density at radius 1 is 1.36 bits per heavy atom. The number of nitrogens with zero attached hydrogens (tertiary/aromatic N) is 3. The molecule has 1 aliphatic rings. The molecule has 1 amide bonds. The number of benzene rings is 1.